The van der Waals surface area contributed by atoms with Gasteiger partial charge in [0, 0.05) is 40.2 Å². The van der Waals surface area contributed by atoms with Gasteiger partial charge in [0.1, 0.15) is 18.1 Å². The average Bonchev–Trinajstić information content (AvgIpc) is 3.19. The van der Waals surface area contributed by atoms with Gasteiger partial charge in [0.2, 0.25) is 5.91 Å². The quantitative estimate of drug-likeness (QED) is 0.495. The number of ether oxygens (including phenoxy) is 2. The summed E-state index contributed by atoms with van der Waals surface area (Å²) in [5.41, 5.74) is 2.32. The number of likely N-dealkylation sites (N-methyl/N-ethyl adjacent to an activating group) is 1. The number of hydrogen-bond donors (Lipinski definition) is 1. The zero-order chi connectivity index (χ0) is 22.1. The molecule has 3 rings (SSSR count). The number of benzene rings is 2. The lowest BCUT2D eigenvalue weighted by atomic mass is 10.1. The van der Waals surface area contributed by atoms with E-state index in [1.165, 1.54) is 0 Å². The molecule has 1 aliphatic heterocycles. The molecule has 1 amide bonds. The molecule has 1 heterocycles. The average molecular weight is 425 g/mol. The summed E-state index contributed by atoms with van der Waals surface area (Å²) in [4.78, 5) is 20.2. The van der Waals surface area contributed by atoms with E-state index in [0.717, 1.165) is 41.6 Å². The van der Waals surface area contributed by atoms with E-state index < -0.39 is 0 Å². The summed E-state index contributed by atoms with van der Waals surface area (Å²) in [6.45, 7) is 3.45. The number of aliphatic imine (C=N–C) groups is 1. The van der Waals surface area contributed by atoms with Crippen LogP contribution in [0.1, 0.15) is 24.0 Å². The second kappa shape index (κ2) is 11.2. The number of rotatable bonds is 9. The summed E-state index contributed by atoms with van der Waals surface area (Å²) in [6.07, 6.45) is 1.64. The van der Waals surface area contributed by atoms with E-state index in [0.29, 0.717) is 32.7 Å². The Morgan fingerprint density at radius 1 is 1.16 bits per heavy atom. The lowest BCUT2D eigenvalue weighted by Crippen LogP contribution is -2.40. The molecule has 0 unspecified atom stereocenters. The first-order chi connectivity index (χ1) is 15.1. The van der Waals surface area contributed by atoms with Crippen LogP contribution in [0, 0.1) is 0 Å². The topological polar surface area (TPSA) is 66.4 Å². The van der Waals surface area contributed by atoms with Gasteiger partial charge in [-0.2, -0.15) is 0 Å². The van der Waals surface area contributed by atoms with Crippen molar-refractivity contribution in [3.63, 3.8) is 0 Å². The van der Waals surface area contributed by atoms with Gasteiger partial charge in [-0.15, -0.1) is 0 Å². The van der Waals surface area contributed by atoms with Gasteiger partial charge in [0.05, 0.1) is 13.7 Å². The lowest BCUT2D eigenvalue weighted by Gasteiger charge is -2.22. The van der Waals surface area contributed by atoms with Crippen LogP contribution >= 0.6 is 0 Å². The number of nitrogens with one attached hydrogen (secondary N) is 1. The Bertz CT molecular complexity index is 883. The van der Waals surface area contributed by atoms with Crippen LogP contribution in [0.4, 0.5) is 0 Å². The Morgan fingerprint density at radius 2 is 1.90 bits per heavy atom. The van der Waals surface area contributed by atoms with Gasteiger partial charge < -0.3 is 24.6 Å². The van der Waals surface area contributed by atoms with Crippen molar-refractivity contribution < 1.29 is 14.3 Å². The minimum absolute atomic E-state index is 0.252. The van der Waals surface area contributed by atoms with Gasteiger partial charge in [0.15, 0.2) is 5.96 Å². The molecule has 0 radical (unpaired) electrons. The number of methoxy groups -OCH3 is 1. The van der Waals surface area contributed by atoms with Crippen LogP contribution in [-0.4, -0.2) is 62.6 Å². The number of guanidine groups is 1. The molecule has 1 aliphatic rings. The van der Waals surface area contributed by atoms with Gasteiger partial charge in [-0.3, -0.25) is 9.79 Å². The number of amides is 1. The van der Waals surface area contributed by atoms with E-state index in [2.05, 4.69) is 28.5 Å². The van der Waals surface area contributed by atoms with Crippen molar-refractivity contribution in [3.8, 4) is 11.5 Å². The van der Waals surface area contributed by atoms with E-state index in [1.807, 2.05) is 47.2 Å². The largest absolute Gasteiger partial charge is 0.497 e. The molecule has 7 heteroatoms. The maximum absolute atomic E-state index is 11.9. The van der Waals surface area contributed by atoms with Crippen LogP contribution in [0.5, 0.6) is 11.5 Å². The highest BCUT2D eigenvalue weighted by molar-refractivity contribution is 5.79. The molecule has 0 aliphatic carbocycles. The number of carbonyl (C=O) groups excluding carboxylic acids is 1. The van der Waals surface area contributed by atoms with Crippen LogP contribution in [-0.2, 0) is 17.9 Å². The van der Waals surface area contributed by atoms with Crippen LogP contribution < -0.4 is 14.8 Å². The van der Waals surface area contributed by atoms with Gasteiger partial charge in [-0.1, -0.05) is 24.3 Å². The standard InChI is InChI=1S/C24H32N4O3/c1-25-24(27(2)14-15-31-22-11-9-21(30-3)10-12-22)26-17-19-6-4-7-20(16-19)18-28-13-5-8-23(28)29/h4,6-7,9-12,16H,5,8,13-15,17-18H2,1-3H3,(H,25,26). The van der Waals surface area contributed by atoms with E-state index in [9.17, 15) is 4.79 Å². The van der Waals surface area contributed by atoms with Crippen molar-refractivity contribution in [3.05, 3.63) is 59.7 Å². The molecule has 166 valence electrons. The molecule has 0 atom stereocenters. The fourth-order valence-corrected chi connectivity index (χ4v) is 3.57. The molecule has 1 saturated heterocycles. The Morgan fingerprint density at radius 3 is 2.58 bits per heavy atom. The summed E-state index contributed by atoms with van der Waals surface area (Å²) in [5.74, 6) is 2.68. The van der Waals surface area contributed by atoms with Gasteiger partial charge in [-0.05, 0) is 41.8 Å². The SMILES string of the molecule is CN=C(NCc1cccc(CN2CCCC2=O)c1)N(C)CCOc1ccc(OC)cc1. The molecule has 2 aromatic rings. The molecule has 2 aromatic carbocycles. The molecule has 0 saturated carbocycles. The summed E-state index contributed by atoms with van der Waals surface area (Å²) >= 11 is 0. The zero-order valence-corrected chi connectivity index (χ0v) is 18.6. The second-order valence-electron chi connectivity index (χ2n) is 7.59. The molecule has 1 N–H and O–H groups in total. The fourth-order valence-electron chi connectivity index (χ4n) is 3.57. The number of carbonyl (C=O) groups is 1. The maximum Gasteiger partial charge on any atom is 0.222 e. The Kier molecular flexibility index (Phi) is 8.15. The first-order valence-corrected chi connectivity index (χ1v) is 10.6. The van der Waals surface area contributed by atoms with Crippen molar-refractivity contribution in [1.29, 1.82) is 0 Å². The van der Waals surface area contributed by atoms with E-state index in [-0.39, 0.29) is 5.91 Å². The van der Waals surface area contributed by atoms with E-state index in [4.69, 9.17) is 9.47 Å². The van der Waals surface area contributed by atoms with Gasteiger partial charge >= 0.3 is 0 Å². The minimum Gasteiger partial charge on any atom is -0.497 e. The molecule has 31 heavy (non-hydrogen) atoms. The zero-order valence-electron chi connectivity index (χ0n) is 18.6. The molecular formula is C24H32N4O3. The first-order valence-electron chi connectivity index (χ1n) is 10.6. The Labute approximate surface area is 184 Å². The summed E-state index contributed by atoms with van der Waals surface area (Å²) < 4.78 is 11.0. The van der Waals surface area contributed by atoms with Crippen molar-refractivity contribution in [2.24, 2.45) is 4.99 Å². The maximum atomic E-state index is 11.9. The van der Waals surface area contributed by atoms with Crippen molar-refractivity contribution in [1.82, 2.24) is 15.1 Å². The molecule has 0 spiro atoms. The number of nitrogens with zero attached hydrogens (tertiary/aromatic N) is 3. The molecular weight excluding hydrogens is 392 g/mol. The summed E-state index contributed by atoms with van der Waals surface area (Å²) in [7, 11) is 5.41. The normalized spacial score (nSPS) is 14.0. The summed E-state index contributed by atoms with van der Waals surface area (Å²) in [6, 6.07) is 15.9. The lowest BCUT2D eigenvalue weighted by molar-refractivity contribution is -0.128. The van der Waals surface area contributed by atoms with Crippen LogP contribution in [0.2, 0.25) is 0 Å². The van der Waals surface area contributed by atoms with Crippen molar-refractivity contribution >= 4 is 11.9 Å². The number of likely N-dealkylation sites (tertiary alicyclic amines) is 1. The number of hydrogen-bond acceptors (Lipinski definition) is 4. The highest BCUT2D eigenvalue weighted by Gasteiger charge is 2.19. The van der Waals surface area contributed by atoms with Crippen LogP contribution in [0.15, 0.2) is 53.5 Å². The third kappa shape index (κ3) is 6.64. The predicted molar refractivity (Wildman–Crippen MR) is 122 cm³/mol. The van der Waals surface area contributed by atoms with Crippen LogP contribution in [0.3, 0.4) is 0 Å². The molecule has 1 fully saturated rings. The summed E-state index contributed by atoms with van der Waals surface area (Å²) in [5, 5.41) is 3.40. The van der Waals surface area contributed by atoms with Gasteiger partial charge in [-0.25, -0.2) is 0 Å². The third-order valence-corrected chi connectivity index (χ3v) is 5.32. The van der Waals surface area contributed by atoms with Gasteiger partial charge in [0.25, 0.3) is 0 Å². The van der Waals surface area contributed by atoms with Crippen molar-refractivity contribution in [2.75, 3.05) is 40.9 Å². The highest BCUT2D eigenvalue weighted by Crippen LogP contribution is 2.17. The predicted octanol–water partition coefficient (Wildman–Crippen LogP) is 2.90. The fraction of sp³-hybridized carbons (Fsp3) is 0.417. The third-order valence-electron chi connectivity index (χ3n) is 5.32. The first kappa shape index (κ1) is 22.5. The smallest absolute Gasteiger partial charge is 0.222 e. The molecule has 0 bridgehead atoms. The minimum atomic E-state index is 0.252. The van der Waals surface area contributed by atoms with Crippen LogP contribution in [0.25, 0.3) is 0 Å². The molecule has 0 aromatic heterocycles. The van der Waals surface area contributed by atoms with E-state index in [1.54, 1.807) is 14.2 Å². The highest BCUT2D eigenvalue weighted by atomic mass is 16.5. The second-order valence-corrected chi connectivity index (χ2v) is 7.59. The van der Waals surface area contributed by atoms with E-state index >= 15 is 0 Å². The monoisotopic (exact) mass is 424 g/mol. The van der Waals surface area contributed by atoms with Crippen molar-refractivity contribution in [2.45, 2.75) is 25.9 Å². The Balaban J connectivity index is 1.45. The Hall–Kier alpha value is -3.22. The molecule has 7 nitrogen and oxygen atoms in total.